The van der Waals surface area contributed by atoms with Crippen LogP contribution in [0.4, 0.5) is 0 Å². The fraction of sp³-hybridized carbons (Fsp3) is 0.267. The Hall–Kier alpha value is -4.86. The molecular formula is C30H33N3O7. The normalized spacial score (nSPS) is 10.6. The molecule has 0 radical (unpaired) electrons. The van der Waals surface area contributed by atoms with Gasteiger partial charge in [0.05, 0.1) is 38.1 Å². The summed E-state index contributed by atoms with van der Waals surface area (Å²) in [5.41, 5.74) is 3.73. The maximum absolute atomic E-state index is 12.6. The van der Waals surface area contributed by atoms with Gasteiger partial charge in [-0.25, -0.2) is 10.2 Å². The number of rotatable bonds is 14. The first-order valence-electron chi connectivity index (χ1n) is 13.0. The summed E-state index contributed by atoms with van der Waals surface area (Å²) in [6.07, 6.45) is 2.30. The molecule has 3 aromatic rings. The number of esters is 1. The number of nitrogens with zero attached hydrogens (tertiary/aromatic N) is 1. The van der Waals surface area contributed by atoms with Gasteiger partial charge in [-0.1, -0.05) is 6.92 Å². The maximum atomic E-state index is 12.6. The average Bonchev–Trinajstić information content (AvgIpc) is 2.97. The van der Waals surface area contributed by atoms with Gasteiger partial charge >= 0.3 is 5.97 Å². The molecule has 0 bridgehead atoms. The molecule has 0 aliphatic carbocycles. The molecule has 0 saturated heterocycles. The number of nitrogens with one attached hydrogen (secondary N) is 2. The summed E-state index contributed by atoms with van der Waals surface area (Å²) in [7, 11) is 0. The minimum Gasteiger partial charge on any atom is -0.494 e. The summed E-state index contributed by atoms with van der Waals surface area (Å²) < 4.78 is 22.1. The second kappa shape index (κ2) is 15.5. The predicted molar refractivity (Wildman–Crippen MR) is 150 cm³/mol. The number of benzene rings is 3. The molecule has 40 heavy (non-hydrogen) atoms. The van der Waals surface area contributed by atoms with E-state index in [2.05, 4.69) is 15.8 Å². The van der Waals surface area contributed by atoms with Crippen LogP contribution in [0.25, 0.3) is 0 Å². The molecule has 210 valence electrons. The molecule has 0 heterocycles. The fourth-order valence-electron chi connectivity index (χ4n) is 3.37. The lowest BCUT2D eigenvalue weighted by molar-refractivity contribution is -0.120. The zero-order valence-corrected chi connectivity index (χ0v) is 22.8. The van der Waals surface area contributed by atoms with Gasteiger partial charge in [-0.2, -0.15) is 5.10 Å². The Morgan fingerprint density at radius 2 is 1.43 bits per heavy atom. The highest BCUT2D eigenvalue weighted by Gasteiger charge is 2.14. The van der Waals surface area contributed by atoms with E-state index in [1.807, 2.05) is 20.8 Å². The number of amides is 2. The monoisotopic (exact) mass is 547 g/mol. The first-order valence-corrected chi connectivity index (χ1v) is 13.0. The third-order valence-corrected chi connectivity index (χ3v) is 5.27. The maximum Gasteiger partial charge on any atom is 0.343 e. The van der Waals surface area contributed by atoms with Crippen molar-refractivity contribution < 1.29 is 33.3 Å². The van der Waals surface area contributed by atoms with Crippen molar-refractivity contribution in [2.24, 2.45) is 5.10 Å². The minimum atomic E-state index is -0.538. The van der Waals surface area contributed by atoms with Crippen LogP contribution in [0, 0.1) is 0 Å². The molecule has 0 saturated carbocycles. The summed E-state index contributed by atoms with van der Waals surface area (Å²) in [5.74, 6) is 0.496. The van der Waals surface area contributed by atoms with Crippen molar-refractivity contribution in [3.8, 4) is 23.0 Å². The molecular weight excluding hydrogens is 514 g/mol. The van der Waals surface area contributed by atoms with Gasteiger partial charge < -0.3 is 24.3 Å². The summed E-state index contributed by atoms with van der Waals surface area (Å²) in [4.78, 5) is 37.0. The number of hydrazone groups is 1. The highest BCUT2D eigenvalue weighted by molar-refractivity contribution is 5.96. The summed E-state index contributed by atoms with van der Waals surface area (Å²) in [6.45, 7) is 6.92. The third-order valence-electron chi connectivity index (χ3n) is 5.27. The Labute approximate surface area is 233 Å². The van der Waals surface area contributed by atoms with Crippen LogP contribution in [0.1, 0.15) is 53.5 Å². The quantitative estimate of drug-likeness (QED) is 0.133. The van der Waals surface area contributed by atoms with Crippen molar-refractivity contribution >= 4 is 24.0 Å². The zero-order valence-electron chi connectivity index (χ0n) is 22.8. The van der Waals surface area contributed by atoms with Crippen LogP contribution < -0.4 is 29.7 Å². The highest BCUT2D eigenvalue weighted by atomic mass is 16.6. The van der Waals surface area contributed by atoms with Crippen LogP contribution in [0.15, 0.2) is 71.8 Å². The summed E-state index contributed by atoms with van der Waals surface area (Å²) >= 11 is 0. The Morgan fingerprint density at radius 3 is 2.08 bits per heavy atom. The Kier molecular flexibility index (Phi) is 11.5. The molecule has 2 amide bonds. The molecule has 0 aromatic heterocycles. The standard InChI is InChI=1S/C30H33N3O7/c1-4-17-39-25-14-10-23(11-15-25)30(36)40-26-16-7-21(18-27(26)38-6-3)19-32-33-28(34)20-31-29(35)22-8-12-24(13-9-22)37-5-2/h7-16,18-19H,4-6,17,20H2,1-3H3,(H,31,35)(H,33,34)/b32-19-. The Balaban J connectivity index is 1.53. The van der Waals surface area contributed by atoms with Gasteiger partial charge in [-0.05, 0) is 92.6 Å². The van der Waals surface area contributed by atoms with E-state index < -0.39 is 17.8 Å². The van der Waals surface area contributed by atoms with Crippen molar-refractivity contribution in [2.75, 3.05) is 26.4 Å². The third kappa shape index (κ3) is 9.16. The van der Waals surface area contributed by atoms with Gasteiger partial charge in [-0.3, -0.25) is 9.59 Å². The molecule has 0 aliphatic rings. The first-order chi connectivity index (χ1) is 19.4. The van der Waals surface area contributed by atoms with Gasteiger partial charge in [0.2, 0.25) is 0 Å². The number of carbonyl (C=O) groups is 3. The number of hydrogen-bond donors (Lipinski definition) is 2. The second-order valence-electron chi connectivity index (χ2n) is 8.33. The van der Waals surface area contributed by atoms with E-state index in [1.165, 1.54) is 6.21 Å². The Morgan fingerprint density at radius 1 is 0.775 bits per heavy atom. The number of hydrogen-bond acceptors (Lipinski definition) is 8. The molecule has 0 aliphatic heterocycles. The molecule has 10 nitrogen and oxygen atoms in total. The molecule has 0 spiro atoms. The lowest BCUT2D eigenvalue weighted by Crippen LogP contribution is -2.34. The van der Waals surface area contributed by atoms with Crippen molar-refractivity contribution in [1.29, 1.82) is 0 Å². The zero-order chi connectivity index (χ0) is 28.7. The van der Waals surface area contributed by atoms with Crippen LogP contribution in [0.2, 0.25) is 0 Å². The van der Waals surface area contributed by atoms with E-state index in [-0.39, 0.29) is 12.3 Å². The van der Waals surface area contributed by atoms with Crippen molar-refractivity contribution in [1.82, 2.24) is 10.7 Å². The Bertz CT molecular complexity index is 1310. The van der Waals surface area contributed by atoms with E-state index in [1.54, 1.807) is 66.7 Å². The van der Waals surface area contributed by atoms with E-state index in [0.29, 0.717) is 53.8 Å². The van der Waals surface area contributed by atoms with Gasteiger partial charge in [0, 0.05) is 5.56 Å². The van der Waals surface area contributed by atoms with Crippen molar-refractivity contribution in [3.05, 3.63) is 83.4 Å². The van der Waals surface area contributed by atoms with E-state index in [4.69, 9.17) is 18.9 Å². The molecule has 0 unspecified atom stereocenters. The van der Waals surface area contributed by atoms with Crippen LogP contribution in [0.3, 0.4) is 0 Å². The van der Waals surface area contributed by atoms with Gasteiger partial charge in [-0.15, -0.1) is 0 Å². The fourth-order valence-corrected chi connectivity index (χ4v) is 3.37. The van der Waals surface area contributed by atoms with Gasteiger partial charge in [0.15, 0.2) is 11.5 Å². The number of ether oxygens (including phenoxy) is 4. The molecule has 0 atom stereocenters. The number of carbonyl (C=O) groups excluding carboxylic acids is 3. The van der Waals surface area contributed by atoms with Crippen LogP contribution in [-0.2, 0) is 4.79 Å². The van der Waals surface area contributed by atoms with E-state index in [0.717, 1.165) is 6.42 Å². The smallest absolute Gasteiger partial charge is 0.343 e. The molecule has 0 fully saturated rings. The molecule has 2 N–H and O–H groups in total. The molecule has 10 heteroatoms. The highest BCUT2D eigenvalue weighted by Crippen LogP contribution is 2.29. The van der Waals surface area contributed by atoms with E-state index in [9.17, 15) is 14.4 Å². The minimum absolute atomic E-state index is 0.247. The lowest BCUT2D eigenvalue weighted by atomic mass is 10.2. The summed E-state index contributed by atoms with van der Waals surface area (Å²) in [6, 6.07) is 18.2. The summed E-state index contributed by atoms with van der Waals surface area (Å²) in [5, 5.41) is 6.46. The largest absolute Gasteiger partial charge is 0.494 e. The van der Waals surface area contributed by atoms with Crippen LogP contribution >= 0.6 is 0 Å². The second-order valence-corrected chi connectivity index (χ2v) is 8.33. The van der Waals surface area contributed by atoms with Crippen molar-refractivity contribution in [3.63, 3.8) is 0 Å². The van der Waals surface area contributed by atoms with Crippen LogP contribution in [0.5, 0.6) is 23.0 Å². The van der Waals surface area contributed by atoms with Crippen LogP contribution in [-0.4, -0.2) is 50.4 Å². The predicted octanol–water partition coefficient (Wildman–Crippen LogP) is 4.37. The van der Waals surface area contributed by atoms with Gasteiger partial charge in [0.1, 0.15) is 11.5 Å². The molecule has 3 aromatic carbocycles. The van der Waals surface area contributed by atoms with Crippen molar-refractivity contribution in [2.45, 2.75) is 27.2 Å². The lowest BCUT2D eigenvalue weighted by Gasteiger charge is -2.12. The topological polar surface area (TPSA) is 125 Å². The average molecular weight is 548 g/mol. The van der Waals surface area contributed by atoms with Gasteiger partial charge in [0.25, 0.3) is 11.8 Å². The SMILES string of the molecule is CCCOc1ccc(C(=O)Oc2ccc(/C=N\NC(=O)CNC(=O)c3ccc(OCC)cc3)cc2OCC)cc1. The van der Waals surface area contributed by atoms with E-state index >= 15 is 0 Å². The first kappa shape index (κ1) is 29.7. The molecule has 3 rings (SSSR count).